The number of anilines is 1. The van der Waals surface area contributed by atoms with Crippen molar-refractivity contribution in [1.82, 2.24) is 0 Å². The normalized spacial score (nSPS) is 19.6. The van der Waals surface area contributed by atoms with E-state index in [1.54, 1.807) is 4.90 Å². The van der Waals surface area contributed by atoms with Crippen LogP contribution in [0.1, 0.15) is 30.9 Å². The summed E-state index contributed by atoms with van der Waals surface area (Å²) in [5.74, 6) is -1.24. The monoisotopic (exact) mass is 261 g/mol. The molecule has 0 spiro atoms. The fourth-order valence-corrected chi connectivity index (χ4v) is 2.65. The predicted molar refractivity (Wildman–Crippen MR) is 73.3 cm³/mol. The molecule has 0 saturated carbocycles. The Kier molecular flexibility index (Phi) is 3.88. The SMILES string of the molecule is CCc1cccc(C)c1N1CC(C(=O)O)CCC1=O. The first-order chi connectivity index (χ1) is 9.04. The topological polar surface area (TPSA) is 57.6 Å². The Labute approximate surface area is 113 Å². The van der Waals surface area contributed by atoms with Crippen LogP contribution in [0.15, 0.2) is 18.2 Å². The zero-order valence-electron chi connectivity index (χ0n) is 11.3. The lowest BCUT2D eigenvalue weighted by Crippen LogP contribution is -2.43. The number of aliphatic carboxylic acids is 1. The van der Waals surface area contributed by atoms with Gasteiger partial charge in [-0.15, -0.1) is 0 Å². The standard InChI is InChI=1S/C15H19NO3/c1-3-11-6-4-5-10(2)14(11)16-9-12(15(18)19)7-8-13(16)17/h4-6,12H,3,7-9H2,1-2H3,(H,18,19). The molecule has 1 atom stereocenters. The van der Waals surface area contributed by atoms with Crippen LogP contribution >= 0.6 is 0 Å². The minimum Gasteiger partial charge on any atom is -0.481 e. The van der Waals surface area contributed by atoms with E-state index in [1.807, 2.05) is 32.0 Å². The quantitative estimate of drug-likeness (QED) is 0.908. The van der Waals surface area contributed by atoms with E-state index in [4.69, 9.17) is 5.11 Å². The van der Waals surface area contributed by atoms with Gasteiger partial charge in [-0.1, -0.05) is 25.1 Å². The van der Waals surface area contributed by atoms with Crippen LogP contribution in [0.5, 0.6) is 0 Å². The summed E-state index contributed by atoms with van der Waals surface area (Å²) in [6.07, 6.45) is 1.59. The smallest absolute Gasteiger partial charge is 0.308 e. The van der Waals surface area contributed by atoms with Crippen molar-refractivity contribution in [3.8, 4) is 0 Å². The van der Waals surface area contributed by atoms with Crippen molar-refractivity contribution in [1.29, 1.82) is 0 Å². The molecule has 1 saturated heterocycles. The molecule has 1 amide bonds. The van der Waals surface area contributed by atoms with Gasteiger partial charge in [0.05, 0.1) is 5.92 Å². The first-order valence-electron chi connectivity index (χ1n) is 6.66. The Bertz CT molecular complexity index is 510. The largest absolute Gasteiger partial charge is 0.481 e. The summed E-state index contributed by atoms with van der Waals surface area (Å²) in [7, 11) is 0. The molecule has 1 fully saturated rings. The number of hydrogen-bond donors (Lipinski definition) is 1. The van der Waals surface area contributed by atoms with Gasteiger partial charge >= 0.3 is 5.97 Å². The Morgan fingerprint density at radius 3 is 2.84 bits per heavy atom. The number of piperidine rings is 1. The van der Waals surface area contributed by atoms with Crippen LogP contribution in [0, 0.1) is 12.8 Å². The third kappa shape index (κ3) is 2.62. The van der Waals surface area contributed by atoms with Gasteiger partial charge in [0.15, 0.2) is 0 Å². The second-order valence-electron chi connectivity index (χ2n) is 5.01. The number of nitrogens with zero attached hydrogens (tertiary/aromatic N) is 1. The van der Waals surface area contributed by atoms with Crippen molar-refractivity contribution in [2.75, 3.05) is 11.4 Å². The predicted octanol–water partition coefficient (Wildman–Crippen LogP) is 2.39. The van der Waals surface area contributed by atoms with Gasteiger partial charge in [0, 0.05) is 18.7 Å². The van der Waals surface area contributed by atoms with E-state index in [9.17, 15) is 9.59 Å². The molecule has 0 aromatic heterocycles. The van der Waals surface area contributed by atoms with E-state index in [0.29, 0.717) is 12.8 Å². The van der Waals surface area contributed by atoms with Gasteiger partial charge in [0.2, 0.25) is 5.91 Å². The minimum absolute atomic E-state index is 0.0292. The molecule has 4 nitrogen and oxygen atoms in total. The summed E-state index contributed by atoms with van der Waals surface area (Å²) in [6.45, 7) is 4.29. The molecule has 1 N–H and O–H groups in total. The highest BCUT2D eigenvalue weighted by molar-refractivity contribution is 5.97. The average molecular weight is 261 g/mol. The van der Waals surface area contributed by atoms with Crippen molar-refractivity contribution in [3.63, 3.8) is 0 Å². The van der Waals surface area contributed by atoms with Gasteiger partial charge in [0.1, 0.15) is 0 Å². The fraction of sp³-hybridized carbons (Fsp3) is 0.467. The van der Waals surface area contributed by atoms with Gasteiger partial charge in [-0.25, -0.2) is 0 Å². The lowest BCUT2D eigenvalue weighted by atomic mass is 9.95. The molecule has 0 radical (unpaired) electrons. The number of aryl methyl sites for hydroxylation is 2. The zero-order valence-corrected chi connectivity index (χ0v) is 11.3. The second-order valence-corrected chi connectivity index (χ2v) is 5.01. The molecular weight excluding hydrogens is 242 g/mol. The number of hydrogen-bond acceptors (Lipinski definition) is 2. The molecule has 0 bridgehead atoms. The number of carboxylic acid groups (broad SMARTS) is 1. The molecule has 19 heavy (non-hydrogen) atoms. The van der Waals surface area contributed by atoms with Gasteiger partial charge in [0.25, 0.3) is 0 Å². The van der Waals surface area contributed by atoms with Crippen LogP contribution < -0.4 is 4.90 Å². The molecule has 1 aliphatic heterocycles. The lowest BCUT2D eigenvalue weighted by Gasteiger charge is -2.33. The van der Waals surface area contributed by atoms with Gasteiger partial charge in [-0.3, -0.25) is 9.59 Å². The van der Waals surface area contributed by atoms with Crippen molar-refractivity contribution >= 4 is 17.6 Å². The van der Waals surface area contributed by atoms with E-state index >= 15 is 0 Å². The molecule has 1 aromatic rings. The van der Waals surface area contributed by atoms with Crippen molar-refractivity contribution in [2.45, 2.75) is 33.1 Å². The van der Waals surface area contributed by atoms with Crippen molar-refractivity contribution in [3.05, 3.63) is 29.3 Å². The van der Waals surface area contributed by atoms with E-state index in [2.05, 4.69) is 0 Å². The summed E-state index contributed by atoms with van der Waals surface area (Å²) < 4.78 is 0. The maximum Gasteiger partial charge on any atom is 0.308 e. The molecule has 1 aromatic carbocycles. The fourth-order valence-electron chi connectivity index (χ4n) is 2.65. The number of carboxylic acids is 1. The van der Waals surface area contributed by atoms with Crippen LogP contribution in [0.4, 0.5) is 5.69 Å². The maximum absolute atomic E-state index is 12.1. The number of benzene rings is 1. The number of para-hydroxylation sites is 1. The Hall–Kier alpha value is -1.84. The number of carbonyl (C=O) groups is 2. The number of rotatable bonds is 3. The van der Waals surface area contributed by atoms with E-state index in [0.717, 1.165) is 23.2 Å². The number of amides is 1. The zero-order chi connectivity index (χ0) is 14.0. The Morgan fingerprint density at radius 1 is 1.47 bits per heavy atom. The summed E-state index contributed by atoms with van der Waals surface area (Å²) in [5.41, 5.74) is 3.03. The first kappa shape index (κ1) is 13.6. The van der Waals surface area contributed by atoms with E-state index in [-0.39, 0.29) is 12.5 Å². The molecule has 0 aliphatic carbocycles. The third-order valence-corrected chi connectivity index (χ3v) is 3.73. The second kappa shape index (κ2) is 5.43. The van der Waals surface area contributed by atoms with Gasteiger partial charge in [-0.2, -0.15) is 0 Å². The summed E-state index contributed by atoms with van der Waals surface area (Å²) >= 11 is 0. The lowest BCUT2D eigenvalue weighted by molar-refractivity contribution is -0.142. The highest BCUT2D eigenvalue weighted by Crippen LogP contribution is 2.30. The summed E-state index contributed by atoms with van der Waals surface area (Å²) in [6, 6.07) is 5.94. The van der Waals surface area contributed by atoms with E-state index < -0.39 is 11.9 Å². The molecule has 1 unspecified atom stereocenters. The summed E-state index contributed by atoms with van der Waals surface area (Å²) in [4.78, 5) is 24.9. The summed E-state index contributed by atoms with van der Waals surface area (Å²) in [5, 5.41) is 9.15. The average Bonchev–Trinajstić information content (AvgIpc) is 2.39. The van der Waals surface area contributed by atoms with Crippen molar-refractivity contribution < 1.29 is 14.7 Å². The van der Waals surface area contributed by atoms with Crippen LogP contribution in [0.2, 0.25) is 0 Å². The number of carbonyl (C=O) groups excluding carboxylic acids is 1. The Balaban J connectivity index is 2.39. The first-order valence-corrected chi connectivity index (χ1v) is 6.66. The molecule has 1 aliphatic rings. The minimum atomic E-state index is -0.816. The molecular formula is C15H19NO3. The third-order valence-electron chi connectivity index (χ3n) is 3.73. The highest BCUT2D eigenvalue weighted by atomic mass is 16.4. The van der Waals surface area contributed by atoms with Crippen LogP contribution in [0.3, 0.4) is 0 Å². The molecule has 1 heterocycles. The molecule has 4 heteroatoms. The highest BCUT2D eigenvalue weighted by Gasteiger charge is 2.32. The molecule has 2 rings (SSSR count). The van der Waals surface area contributed by atoms with E-state index in [1.165, 1.54) is 0 Å². The van der Waals surface area contributed by atoms with Crippen LogP contribution in [0.25, 0.3) is 0 Å². The van der Waals surface area contributed by atoms with Gasteiger partial charge < -0.3 is 10.0 Å². The Morgan fingerprint density at radius 2 is 2.21 bits per heavy atom. The van der Waals surface area contributed by atoms with Crippen molar-refractivity contribution in [2.24, 2.45) is 5.92 Å². The molecule has 102 valence electrons. The maximum atomic E-state index is 12.1. The van der Waals surface area contributed by atoms with Crippen LogP contribution in [-0.4, -0.2) is 23.5 Å². The van der Waals surface area contributed by atoms with Crippen LogP contribution in [-0.2, 0) is 16.0 Å². The van der Waals surface area contributed by atoms with Gasteiger partial charge in [-0.05, 0) is 30.9 Å².